The molecule has 7 fully saturated rings. The summed E-state index contributed by atoms with van der Waals surface area (Å²) in [4.78, 5) is 28.2. The van der Waals surface area contributed by atoms with E-state index in [1.807, 2.05) is 44.2 Å². The van der Waals surface area contributed by atoms with E-state index in [-0.39, 0.29) is 19.3 Å². The molecule has 3 saturated heterocycles. The Kier molecular flexibility index (Phi) is 10.7. The van der Waals surface area contributed by atoms with Crippen LogP contribution in [0.5, 0.6) is 0 Å². The predicted molar refractivity (Wildman–Crippen MR) is 204 cm³/mol. The summed E-state index contributed by atoms with van der Waals surface area (Å²) < 4.78 is 37.4. The van der Waals surface area contributed by atoms with Crippen LogP contribution >= 0.6 is 0 Å². The summed E-state index contributed by atoms with van der Waals surface area (Å²) >= 11 is 0. The lowest BCUT2D eigenvalue weighted by molar-refractivity contribution is -0.370. The van der Waals surface area contributed by atoms with Crippen molar-refractivity contribution in [2.45, 2.75) is 175 Å². The van der Waals surface area contributed by atoms with Gasteiger partial charge in [-0.05, 0) is 129 Å². The van der Waals surface area contributed by atoms with Gasteiger partial charge in [0, 0.05) is 0 Å². The van der Waals surface area contributed by atoms with E-state index >= 15 is 0 Å². The van der Waals surface area contributed by atoms with Crippen LogP contribution in [-0.4, -0.2) is 66.2 Å². The Morgan fingerprint density at radius 2 is 1.67 bits per heavy atom. The fourth-order valence-electron chi connectivity index (χ4n) is 13.2. The van der Waals surface area contributed by atoms with Crippen molar-refractivity contribution in [3.8, 4) is 0 Å². The average molecular weight is 750 g/mol. The average Bonchev–Trinajstić information content (AvgIpc) is 3.68. The smallest absolute Gasteiger partial charge is 0.420 e. The Hall–Kier alpha value is -2.20. The number of rotatable bonds is 9. The number of carbonyl (C=O) groups excluding carboxylic acids is 2. The molecular formula is C45H67NO8. The van der Waals surface area contributed by atoms with Crippen LogP contribution in [0.3, 0.4) is 0 Å². The van der Waals surface area contributed by atoms with E-state index in [1.54, 1.807) is 0 Å². The molecule has 9 heteroatoms. The molecule has 0 radical (unpaired) electrons. The minimum Gasteiger partial charge on any atom is -0.444 e. The molecular weight excluding hydrogens is 682 g/mol. The Labute approximate surface area is 323 Å². The molecule has 54 heavy (non-hydrogen) atoms. The topological polar surface area (TPSA) is 92.8 Å². The maximum Gasteiger partial charge on any atom is 0.420 e. The SMILES string of the molecule is CC(C)CCC[C@@H](C)[C@H]1CC[C@H]2[C@@H]3CC[C@H]4C[C@@H](O[C@H]5O[C@@H]6COC(C)(C)O[C@H]6[C@@H]6OC(=O)N(C(=O)OCc7ccccc7)[C@H]56)CC[C@]4(C)[C@H]3CC[C@]12C. The van der Waals surface area contributed by atoms with Crippen LogP contribution in [0, 0.1) is 52.3 Å². The normalized spacial score (nSPS) is 42.9. The zero-order valence-corrected chi connectivity index (χ0v) is 34.0. The third kappa shape index (κ3) is 7.04. The molecule has 3 heterocycles. The van der Waals surface area contributed by atoms with Gasteiger partial charge in [0.2, 0.25) is 0 Å². The number of hydrogen-bond acceptors (Lipinski definition) is 8. The molecule has 9 nitrogen and oxygen atoms in total. The van der Waals surface area contributed by atoms with Gasteiger partial charge >= 0.3 is 12.2 Å². The molecule has 0 spiro atoms. The summed E-state index contributed by atoms with van der Waals surface area (Å²) in [6.45, 7) is 16.6. The van der Waals surface area contributed by atoms with E-state index in [2.05, 4.69) is 34.6 Å². The van der Waals surface area contributed by atoms with Crippen LogP contribution < -0.4 is 0 Å². The molecule has 4 aliphatic carbocycles. The van der Waals surface area contributed by atoms with Gasteiger partial charge in [-0.3, -0.25) is 0 Å². The quantitative estimate of drug-likeness (QED) is 0.231. The fourth-order valence-corrected chi connectivity index (χ4v) is 13.2. The number of benzene rings is 1. The molecule has 1 aromatic rings. The zero-order chi connectivity index (χ0) is 38.0. The van der Waals surface area contributed by atoms with Crippen LogP contribution in [0.4, 0.5) is 9.59 Å². The number of hydrogen-bond donors (Lipinski definition) is 0. The molecule has 0 aromatic heterocycles. The third-order valence-electron chi connectivity index (χ3n) is 15.9. The molecule has 8 rings (SSSR count). The molecule has 3 aliphatic heterocycles. The maximum atomic E-state index is 13.6. The molecule has 14 atom stereocenters. The standard InChI is InChI=1S/C45H67NO8/c1-27(2)12-11-13-28(3)33-18-19-34-32-17-16-30-24-31(20-22-44(30,6)35(32)21-23-45(33,34)7)51-40-37-39(38-36(52-40)26-50-43(4,5)54-38)53-42(48)46(37)41(47)49-25-29-14-9-8-10-15-29/h8-10,14-15,27-28,30-40H,11-13,16-26H2,1-7H3/t28-,30+,31+,32+,33-,34+,35+,36-,37+,38-,39-,40+,44+,45-/m1/s1. The minimum atomic E-state index is -0.884. The van der Waals surface area contributed by atoms with Crippen LogP contribution in [0.15, 0.2) is 30.3 Å². The van der Waals surface area contributed by atoms with Crippen molar-refractivity contribution in [2.24, 2.45) is 52.3 Å². The minimum absolute atomic E-state index is 0.0414. The van der Waals surface area contributed by atoms with Crippen molar-refractivity contribution in [1.82, 2.24) is 4.90 Å². The van der Waals surface area contributed by atoms with E-state index in [0.717, 1.165) is 65.2 Å². The second-order valence-electron chi connectivity index (χ2n) is 19.8. The lowest BCUT2D eigenvalue weighted by atomic mass is 9.44. The number of carbonyl (C=O) groups is 2. The van der Waals surface area contributed by atoms with Crippen molar-refractivity contribution < 1.29 is 38.0 Å². The van der Waals surface area contributed by atoms with Crippen molar-refractivity contribution in [3.63, 3.8) is 0 Å². The second kappa shape index (κ2) is 14.9. The first kappa shape index (κ1) is 38.7. The van der Waals surface area contributed by atoms with Crippen molar-refractivity contribution in [2.75, 3.05) is 6.61 Å². The van der Waals surface area contributed by atoms with Gasteiger partial charge in [0.05, 0.1) is 12.7 Å². The molecule has 300 valence electrons. The van der Waals surface area contributed by atoms with Crippen LogP contribution in [0.1, 0.15) is 131 Å². The summed E-state index contributed by atoms with van der Waals surface area (Å²) in [7, 11) is 0. The van der Waals surface area contributed by atoms with Crippen molar-refractivity contribution in [1.29, 1.82) is 0 Å². The van der Waals surface area contributed by atoms with Gasteiger partial charge in [-0.1, -0.05) is 84.2 Å². The molecule has 0 bridgehead atoms. The summed E-state index contributed by atoms with van der Waals surface area (Å²) in [6, 6.07) is 8.62. The molecule has 7 aliphatic rings. The lowest BCUT2D eigenvalue weighted by Crippen LogP contribution is -2.66. The fraction of sp³-hybridized carbons (Fsp3) is 0.822. The van der Waals surface area contributed by atoms with Gasteiger partial charge in [-0.15, -0.1) is 0 Å². The van der Waals surface area contributed by atoms with Gasteiger partial charge in [-0.2, -0.15) is 4.90 Å². The highest BCUT2D eigenvalue weighted by molar-refractivity contribution is 5.90. The van der Waals surface area contributed by atoms with Crippen LogP contribution in [0.2, 0.25) is 0 Å². The zero-order valence-electron chi connectivity index (χ0n) is 34.0. The first-order valence-electron chi connectivity index (χ1n) is 21.6. The predicted octanol–water partition coefficient (Wildman–Crippen LogP) is 9.90. The number of fused-ring (bicyclic) bond motifs is 8. The number of imide groups is 1. The largest absolute Gasteiger partial charge is 0.444 e. The molecule has 0 unspecified atom stereocenters. The van der Waals surface area contributed by atoms with E-state index in [9.17, 15) is 9.59 Å². The van der Waals surface area contributed by atoms with Gasteiger partial charge in [0.25, 0.3) is 0 Å². The van der Waals surface area contributed by atoms with Gasteiger partial charge in [0.15, 0.2) is 18.2 Å². The van der Waals surface area contributed by atoms with E-state index in [0.29, 0.717) is 16.7 Å². The van der Waals surface area contributed by atoms with Crippen molar-refractivity contribution in [3.05, 3.63) is 35.9 Å². The van der Waals surface area contributed by atoms with Crippen molar-refractivity contribution >= 4 is 12.2 Å². The van der Waals surface area contributed by atoms with E-state index < -0.39 is 48.6 Å². The number of ether oxygens (including phenoxy) is 6. The van der Waals surface area contributed by atoms with Crippen LogP contribution in [0.25, 0.3) is 0 Å². The van der Waals surface area contributed by atoms with Crippen LogP contribution in [-0.2, 0) is 35.0 Å². The summed E-state index contributed by atoms with van der Waals surface area (Å²) in [6.07, 6.45) is 11.0. The van der Waals surface area contributed by atoms with Gasteiger partial charge in [0.1, 0.15) is 24.9 Å². The number of amides is 2. The Morgan fingerprint density at radius 1 is 0.907 bits per heavy atom. The Bertz CT molecular complexity index is 1500. The van der Waals surface area contributed by atoms with E-state index in [4.69, 9.17) is 28.4 Å². The van der Waals surface area contributed by atoms with Gasteiger partial charge < -0.3 is 28.4 Å². The monoisotopic (exact) mass is 749 g/mol. The lowest BCUT2D eigenvalue weighted by Gasteiger charge is -2.61. The first-order valence-corrected chi connectivity index (χ1v) is 21.6. The maximum absolute atomic E-state index is 13.6. The summed E-state index contributed by atoms with van der Waals surface area (Å²) in [5, 5.41) is 0. The Morgan fingerprint density at radius 3 is 2.44 bits per heavy atom. The van der Waals surface area contributed by atoms with Gasteiger partial charge in [-0.25, -0.2) is 9.59 Å². The Balaban J connectivity index is 0.950. The molecule has 2 amide bonds. The third-order valence-corrected chi connectivity index (χ3v) is 15.9. The van der Waals surface area contributed by atoms with E-state index in [1.165, 1.54) is 57.8 Å². The highest BCUT2D eigenvalue weighted by atomic mass is 16.8. The highest BCUT2D eigenvalue weighted by Crippen LogP contribution is 2.68. The molecule has 4 saturated carbocycles. The first-order chi connectivity index (χ1) is 25.8. The summed E-state index contributed by atoms with van der Waals surface area (Å²) in [5.41, 5.74) is 1.63. The molecule has 0 N–H and O–H groups in total. The molecule has 1 aromatic carbocycles. The summed E-state index contributed by atoms with van der Waals surface area (Å²) in [5.74, 6) is 4.66. The second-order valence-corrected chi connectivity index (χ2v) is 19.8. The highest BCUT2D eigenvalue weighted by Gasteiger charge is 2.64. The number of nitrogens with zero attached hydrogens (tertiary/aromatic N) is 1.